The van der Waals surface area contributed by atoms with E-state index in [9.17, 15) is 0 Å². The number of rotatable bonds is 0. The first-order chi connectivity index (χ1) is 5.02. The molecule has 0 aromatic heterocycles. The molecular formula is C10H17N. The summed E-state index contributed by atoms with van der Waals surface area (Å²) in [4.78, 5) is 2.25. The van der Waals surface area contributed by atoms with Gasteiger partial charge >= 0.3 is 0 Å². The standard InChI is InChI=1S/C10H17N/c1-10(2,3)9-7-5-6-8-11(9)4/h5-9H,1-4H3/t9-/m0/s1. The van der Waals surface area contributed by atoms with Crippen molar-refractivity contribution in [2.45, 2.75) is 26.8 Å². The number of allylic oxidation sites excluding steroid dienone is 2. The highest BCUT2D eigenvalue weighted by Gasteiger charge is 2.24. The van der Waals surface area contributed by atoms with Gasteiger partial charge in [0.15, 0.2) is 0 Å². The van der Waals surface area contributed by atoms with Gasteiger partial charge in [0.05, 0.1) is 6.04 Å². The summed E-state index contributed by atoms with van der Waals surface area (Å²) < 4.78 is 0. The third-order valence-electron chi connectivity index (χ3n) is 2.05. The highest BCUT2D eigenvalue weighted by Crippen LogP contribution is 2.26. The van der Waals surface area contributed by atoms with Gasteiger partial charge in [-0.05, 0) is 17.7 Å². The Balaban J connectivity index is 2.74. The quantitative estimate of drug-likeness (QED) is 0.514. The Morgan fingerprint density at radius 3 is 2.18 bits per heavy atom. The molecule has 0 spiro atoms. The second-order valence-corrected chi connectivity index (χ2v) is 4.20. The van der Waals surface area contributed by atoms with Crippen molar-refractivity contribution in [3.05, 3.63) is 24.4 Å². The third kappa shape index (κ3) is 1.86. The van der Waals surface area contributed by atoms with Crippen molar-refractivity contribution in [1.82, 2.24) is 4.90 Å². The topological polar surface area (TPSA) is 3.24 Å². The van der Waals surface area contributed by atoms with Crippen LogP contribution in [-0.4, -0.2) is 18.0 Å². The van der Waals surface area contributed by atoms with E-state index in [1.165, 1.54) is 0 Å². The highest BCUT2D eigenvalue weighted by atomic mass is 15.1. The molecule has 0 bridgehead atoms. The van der Waals surface area contributed by atoms with Gasteiger partial charge in [0.1, 0.15) is 0 Å². The fourth-order valence-electron chi connectivity index (χ4n) is 1.48. The van der Waals surface area contributed by atoms with Crippen LogP contribution in [0.3, 0.4) is 0 Å². The maximum absolute atomic E-state index is 2.26. The van der Waals surface area contributed by atoms with Crippen LogP contribution in [0.1, 0.15) is 20.8 Å². The van der Waals surface area contributed by atoms with Crippen molar-refractivity contribution in [3.8, 4) is 0 Å². The molecule has 1 rings (SSSR count). The lowest BCUT2D eigenvalue weighted by Gasteiger charge is -2.36. The van der Waals surface area contributed by atoms with Gasteiger partial charge in [-0.25, -0.2) is 0 Å². The number of nitrogens with zero attached hydrogens (tertiary/aromatic N) is 1. The summed E-state index contributed by atoms with van der Waals surface area (Å²) in [6.07, 6.45) is 8.56. The van der Waals surface area contributed by atoms with Gasteiger partial charge in [-0.2, -0.15) is 0 Å². The molecule has 1 heterocycles. The molecule has 0 unspecified atom stereocenters. The van der Waals surface area contributed by atoms with Crippen LogP contribution in [0.15, 0.2) is 24.4 Å². The molecule has 11 heavy (non-hydrogen) atoms. The average Bonchev–Trinajstić information content (AvgIpc) is 1.86. The van der Waals surface area contributed by atoms with E-state index in [-0.39, 0.29) is 0 Å². The molecule has 1 heteroatoms. The lowest BCUT2D eigenvalue weighted by molar-refractivity contribution is 0.213. The molecule has 0 aromatic carbocycles. The van der Waals surface area contributed by atoms with E-state index in [4.69, 9.17) is 0 Å². The van der Waals surface area contributed by atoms with Gasteiger partial charge in [0, 0.05) is 7.05 Å². The second kappa shape index (κ2) is 2.72. The molecule has 1 aliphatic heterocycles. The Hall–Kier alpha value is -0.720. The van der Waals surface area contributed by atoms with Crippen LogP contribution >= 0.6 is 0 Å². The third-order valence-corrected chi connectivity index (χ3v) is 2.05. The zero-order valence-corrected chi connectivity index (χ0v) is 7.83. The minimum absolute atomic E-state index is 0.329. The minimum atomic E-state index is 0.329. The van der Waals surface area contributed by atoms with E-state index in [0.717, 1.165) is 0 Å². The van der Waals surface area contributed by atoms with Crippen molar-refractivity contribution in [1.29, 1.82) is 0 Å². The van der Waals surface area contributed by atoms with Crippen molar-refractivity contribution in [3.63, 3.8) is 0 Å². The van der Waals surface area contributed by atoms with Crippen LogP contribution in [0.2, 0.25) is 0 Å². The molecule has 1 atom stereocenters. The maximum Gasteiger partial charge on any atom is 0.0515 e. The van der Waals surface area contributed by atoms with Crippen molar-refractivity contribution in [2.24, 2.45) is 5.41 Å². The first-order valence-electron chi connectivity index (χ1n) is 4.09. The lowest BCUT2D eigenvalue weighted by Crippen LogP contribution is -2.37. The summed E-state index contributed by atoms with van der Waals surface area (Å²) in [5.41, 5.74) is 0.329. The first-order valence-corrected chi connectivity index (χ1v) is 4.09. The van der Waals surface area contributed by atoms with Gasteiger partial charge in [0.25, 0.3) is 0 Å². The Bertz CT molecular complexity index is 184. The lowest BCUT2D eigenvalue weighted by atomic mass is 9.85. The van der Waals surface area contributed by atoms with E-state index < -0.39 is 0 Å². The molecule has 0 saturated carbocycles. The van der Waals surface area contributed by atoms with Gasteiger partial charge in [-0.15, -0.1) is 0 Å². The number of hydrogen-bond donors (Lipinski definition) is 0. The molecule has 0 aromatic rings. The van der Waals surface area contributed by atoms with Crippen molar-refractivity contribution < 1.29 is 0 Å². The van der Waals surface area contributed by atoms with E-state index in [1.54, 1.807) is 0 Å². The molecule has 62 valence electrons. The number of hydrogen-bond acceptors (Lipinski definition) is 1. The normalized spacial score (nSPS) is 24.4. The van der Waals surface area contributed by atoms with Gasteiger partial charge in [-0.3, -0.25) is 0 Å². The summed E-state index contributed by atoms with van der Waals surface area (Å²) in [5.74, 6) is 0. The zero-order valence-electron chi connectivity index (χ0n) is 7.83. The predicted octanol–water partition coefficient (Wildman–Crippen LogP) is 2.42. The van der Waals surface area contributed by atoms with E-state index in [0.29, 0.717) is 11.5 Å². The van der Waals surface area contributed by atoms with Gasteiger partial charge < -0.3 is 4.90 Å². The summed E-state index contributed by atoms with van der Waals surface area (Å²) in [6, 6.07) is 0.535. The highest BCUT2D eigenvalue weighted by molar-refractivity contribution is 5.14. The summed E-state index contributed by atoms with van der Waals surface area (Å²) in [6.45, 7) is 6.78. The largest absolute Gasteiger partial charge is 0.373 e. The number of likely N-dealkylation sites (N-methyl/N-ethyl adjacent to an activating group) is 1. The Morgan fingerprint density at radius 2 is 1.82 bits per heavy atom. The molecule has 1 nitrogen and oxygen atoms in total. The smallest absolute Gasteiger partial charge is 0.0515 e. The van der Waals surface area contributed by atoms with Crippen LogP contribution in [0.5, 0.6) is 0 Å². The van der Waals surface area contributed by atoms with Crippen molar-refractivity contribution in [2.75, 3.05) is 7.05 Å². The molecule has 0 radical (unpaired) electrons. The Kier molecular flexibility index (Phi) is 2.08. The van der Waals surface area contributed by atoms with Crippen LogP contribution in [-0.2, 0) is 0 Å². The predicted molar refractivity (Wildman–Crippen MR) is 49.3 cm³/mol. The monoisotopic (exact) mass is 151 g/mol. The Labute approximate surface area is 69.4 Å². The van der Waals surface area contributed by atoms with E-state index in [1.807, 2.05) is 0 Å². The Morgan fingerprint density at radius 1 is 1.18 bits per heavy atom. The SMILES string of the molecule is CN1C=CC=C[C@H]1C(C)(C)C. The molecule has 0 N–H and O–H groups in total. The summed E-state index contributed by atoms with van der Waals surface area (Å²) in [7, 11) is 2.12. The first kappa shape index (κ1) is 8.38. The van der Waals surface area contributed by atoms with Crippen molar-refractivity contribution >= 4 is 0 Å². The van der Waals surface area contributed by atoms with E-state index in [2.05, 4.69) is 57.1 Å². The van der Waals surface area contributed by atoms with E-state index >= 15 is 0 Å². The molecule has 0 saturated heterocycles. The maximum atomic E-state index is 2.26. The molecule has 0 aliphatic carbocycles. The molecule has 1 aliphatic rings. The van der Waals surface area contributed by atoms with Crippen LogP contribution < -0.4 is 0 Å². The average molecular weight is 151 g/mol. The minimum Gasteiger partial charge on any atom is -0.373 e. The second-order valence-electron chi connectivity index (χ2n) is 4.20. The molecular weight excluding hydrogens is 134 g/mol. The van der Waals surface area contributed by atoms with Gasteiger partial charge in [-0.1, -0.05) is 32.9 Å². The fourth-order valence-corrected chi connectivity index (χ4v) is 1.48. The van der Waals surface area contributed by atoms with Gasteiger partial charge in [0.2, 0.25) is 0 Å². The molecule has 0 fully saturated rings. The summed E-state index contributed by atoms with van der Waals surface area (Å²) >= 11 is 0. The fraction of sp³-hybridized carbons (Fsp3) is 0.600. The van der Waals surface area contributed by atoms with Crippen LogP contribution in [0, 0.1) is 5.41 Å². The summed E-state index contributed by atoms with van der Waals surface area (Å²) in [5, 5.41) is 0. The van der Waals surface area contributed by atoms with Crippen LogP contribution in [0.4, 0.5) is 0 Å². The van der Waals surface area contributed by atoms with Crippen LogP contribution in [0.25, 0.3) is 0 Å². The molecule has 0 amide bonds. The zero-order chi connectivity index (χ0) is 8.48.